The molecule has 10 heteroatoms. The first kappa shape index (κ1) is 27.8. The van der Waals surface area contributed by atoms with Crippen molar-refractivity contribution in [1.82, 2.24) is 14.5 Å². The summed E-state index contributed by atoms with van der Waals surface area (Å²) in [6.45, 7) is -0.173. The van der Waals surface area contributed by atoms with Crippen molar-refractivity contribution in [2.24, 2.45) is 5.41 Å². The number of pyridine rings is 1. The van der Waals surface area contributed by atoms with Crippen molar-refractivity contribution in [3.05, 3.63) is 112 Å². The molecule has 0 atom stereocenters. The van der Waals surface area contributed by atoms with E-state index in [1.54, 1.807) is 48.5 Å². The average Bonchev–Trinajstić information content (AvgIpc) is 3.68. The standard InChI is InChI=1S/C32H25ClF3N3O3/c33-22-7-5-21(24(35)15-22)16-42-30-3-1-2-26(38-30)23-8-4-19(12-25(23)36)13-29-37-27-9-6-20(31(40)41)14-28(27)39(29)18-32(17-34)10-11-32/h1-9,12,14-15H,10-11,13,16-18H2,(H,40,41). The van der Waals surface area contributed by atoms with E-state index in [4.69, 9.17) is 21.3 Å². The third-order valence-corrected chi connectivity index (χ3v) is 7.83. The Labute approximate surface area is 244 Å². The Hall–Kier alpha value is -4.37. The molecule has 0 amide bonds. The van der Waals surface area contributed by atoms with E-state index in [0.29, 0.717) is 40.2 Å². The Morgan fingerprint density at radius 1 is 1.00 bits per heavy atom. The number of rotatable bonds is 10. The summed E-state index contributed by atoms with van der Waals surface area (Å²) in [5, 5.41) is 9.76. The molecule has 0 aliphatic heterocycles. The number of halogens is 4. The second kappa shape index (κ2) is 11.1. The zero-order valence-electron chi connectivity index (χ0n) is 22.3. The molecule has 42 heavy (non-hydrogen) atoms. The maximum Gasteiger partial charge on any atom is 0.335 e. The minimum Gasteiger partial charge on any atom is -0.478 e. The minimum atomic E-state index is -1.06. The third-order valence-electron chi connectivity index (χ3n) is 7.59. The van der Waals surface area contributed by atoms with E-state index in [-0.39, 0.29) is 35.1 Å². The molecular formula is C32H25ClF3N3O3. The molecule has 6 nitrogen and oxygen atoms in total. The first-order valence-electron chi connectivity index (χ1n) is 13.3. The maximum absolute atomic E-state index is 15.4. The van der Waals surface area contributed by atoms with Gasteiger partial charge in [0.15, 0.2) is 0 Å². The SMILES string of the molecule is O=C(O)c1ccc2nc(Cc3ccc(-c4cccc(OCc5ccc(Cl)cc5F)n4)c(F)c3)n(CC3(CF)CC3)c2c1. The van der Waals surface area contributed by atoms with Crippen LogP contribution in [-0.4, -0.2) is 32.3 Å². The maximum atomic E-state index is 15.4. The summed E-state index contributed by atoms with van der Waals surface area (Å²) in [5.41, 5.74) is 2.41. The van der Waals surface area contributed by atoms with Gasteiger partial charge in [0.1, 0.15) is 24.1 Å². The van der Waals surface area contributed by atoms with Crippen LogP contribution in [0.25, 0.3) is 22.3 Å². The topological polar surface area (TPSA) is 77.2 Å². The summed E-state index contributed by atoms with van der Waals surface area (Å²) in [6, 6.07) is 18.7. The number of hydrogen-bond acceptors (Lipinski definition) is 4. The molecule has 0 unspecified atom stereocenters. The van der Waals surface area contributed by atoms with E-state index in [2.05, 4.69) is 4.98 Å². The zero-order chi connectivity index (χ0) is 29.4. The van der Waals surface area contributed by atoms with Gasteiger partial charge in [-0.25, -0.2) is 23.5 Å². The van der Waals surface area contributed by atoms with Crippen molar-refractivity contribution < 1.29 is 27.8 Å². The van der Waals surface area contributed by atoms with Crippen LogP contribution in [0.5, 0.6) is 5.88 Å². The van der Waals surface area contributed by atoms with Crippen LogP contribution in [0.1, 0.15) is 40.2 Å². The average molecular weight is 592 g/mol. The highest BCUT2D eigenvalue weighted by molar-refractivity contribution is 6.30. The Balaban J connectivity index is 1.25. The Morgan fingerprint density at radius 2 is 1.83 bits per heavy atom. The number of hydrogen-bond donors (Lipinski definition) is 1. The van der Waals surface area contributed by atoms with Crippen LogP contribution in [0.2, 0.25) is 5.02 Å². The van der Waals surface area contributed by atoms with Gasteiger partial charge >= 0.3 is 5.97 Å². The Bertz CT molecular complexity index is 1820. The molecule has 2 aromatic heterocycles. The quantitative estimate of drug-likeness (QED) is 0.180. The first-order valence-corrected chi connectivity index (χ1v) is 13.7. The predicted octanol–water partition coefficient (Wildman–Crippen LogP) is 7.65. The summed E-state index contributed by atoms with van der Waals surface area (Å²) in [5.74, 6) is -1.24. The van der Waals surface area contributed by atoms with E-state index in [1.807, 2.05) is 4.57 Å². The predicted molar refractivity (Wildman–Crippen MR) is 153 cm³/mol. The normalized spacial score (nSPS) is 13.8. The van der Waals surface area contributed by atoms with E-state index < -0.39 is 29.7 Å². The van der Waals surface area contributed by atoms with Gasteiger partial charge in [0.25, 0.3) is 0 Å². The number of carboxylic acids is 1. The second-order valence-electron chi connectivity index (χ2n) is 10.6. The van der Waals surface area contributed by atoms with Crippen LogP contribution in [0.4, 0.5) is 13.2 Å². The van der Waals surface area contributed by atoms with E-state index in [1.165, 1.54) is 24.3 Å². The number of benzene rings is 3. The lowest BCUT2D eigenvalue weighted by Gasteiger charge is -2.16. The van der Waals surface area contributed by atoms with Crippen LogP contribution in [-0.2, 0) is 19.6 Å². The number of alkyl halides is 1. The molecule has 0 saturated heterocycles. The molecule has 1 N–H and O–H groups in total. The first-order chi connectivity index (χ1) is 20.2. The lowest BCUT2D eigenvalue weighted by molar-refractivity contribution is 0.0697. The lowest BCUT2D eigenvalue weighted by atomic mass is 10.0. The number of aromatic nitrogens is 3. The number of fused-ring (bicyclic) bond motifs is 1. The lowest BCUT2D eigenvalue weighted by Crippen LogP contribution is -2.16. The van der Waals surface area contributed by atoms with Crippen LogP contribution < -0.4 is 4.74 Å². The van der Waals surface area contributed by atoms with Crippen molar-refractivity contribution in [3.8, 4) is 17.1 Å². The van der Waals surface area contributed by atoms with Gasteiger partial charge in [0.05, 0.1) is 29.0 Å². The molecule has 0 radical (unpaired) electrons. The van der Waals surface area contributed by atoms with Gasteiger partial charge in [-0.2, -0.15) is 0 Å². The molecule has 0 spiro atoms. The number of aromatic carboxylic acids is 1. The molecule has 1 aliphatic rings. The van der Waals surface area contributed by atoms with Gasteiger partial charge in [-0.1, -0.05) is 29.8 Å². The van der Waals surface area contributed by atoms with Crippen LogP contribution in [0.3, 0.4) is 0 Å². The molecule has 2 heterocycles. The highest BCUT2D eigenvalue weighted by Crippen LogP contribution is 2.48. The minimum absolute atomic E-state index is 0.0699. The van der Waals surface area contributed by atoms with Gasteiger partial charge in [-0.05, 0) is 66.9 Å². The number of nitrogens with zero attached hydrogens (tertiary/aromatic N) is 3. The van der Waals surface area contributed by atoms with Crippen molar-refractivity contribution >= 4 is 28.6 Å². The molecule has 0 bridgehead atoms. The molecule has 1 fully saturated rings. The number of carboxylic acid groups (broad SMARTS) is 1. The van der Waals surface area contributed by atoms with Gasteiger partial charge < -0.3 is 14.4 Å². The van der Waals surface area contributed by atoms with Crippen molar-refractivity contribution in [1.29, 1.82) is 0 Å². The van der Waals surface area contributed by atoms with Gasteiger partial charge in [0.2, 0.25) is 5.88 Å². The summed E-state index contributed by atoms with van der Waals surface area (Å²) >= 11 is 5.80. The van der Waals surface area contributed by atoms with Gasteiger partial charge in [-0.3, -0.25) is 4.39 Å². The van der Waals surface area contributed by atoms with E-state index in [9.17, 15) is 18.7 Å². The fourth-order valence-corrected chi connectivity index (χ4v) is 5.12. The molecule has 6 rings (SSSR count). The highest BCUT2D eigenvalue weighted by atomic mass is 35.5. The van der Waals surface area contributed by atoms with E-state index in [0.717, 1.165) is 12.8 Å². The highest BCUT2D eigenvalue weighted by Gasteiger charge is 2.43. The largest absolute Gasteiger partial charge is 0.478 e. The number of ether oxygens (including phenoxy) is 1. The molecule has 3 aromatic carbocycles. The Kier molecular flexibility index (Phi) is 7.36. The van der Waals surface area contributed by atoms with Crippen molar-refractivity contribution in [2.75, 3.05) is 6.67 Å². The van der Waals surface area contributed by atoms with Gasteiger partial charge in [0, 0.05) is 40.6 Å². The molecule has 214 valence electrons. The Morgan fingerprint density at radius 3 is 2.55 bits per heavy atom. The monoisotopic (exact) mass is 591 g/mol. The van der Waals surface area contributed by atoms with Crippen LogP contribution in [0, 0.1) is 17.0 Å². The third kappa shape index (κ3) is 5.69. The smallest absolute Gasteiger partial charge is 0.335 e. The second-order valence-corrected chi connectivity index (χ2v) is 11.1. The summed E-state index contributed by atoms with van der Waals surface area (Å²) in [7, 11) is 0. The molecule has 1 aliphatic carbocycles. The van der Waals surface area contributed by atoms with Crippen molar-refractivity contribution in [3.63, 3.8) is 0 Å². The van der Waals surface area contributed by atoms with Crippen LogP contribution >= 0.6 is 11.6 Å². The summed E-state index contributed by atoms with van der Waals surface area (Å²) in [6.07, 6.45) is 1.75. The summed E-state index contributed by atoms with van der Waals surface area (Å²) < 4.78 is 50.9. The summed E-state index contributed by atoms with van der Waals surface area (Å²) in [4.78, 5) is 20.7. The van der Waals surface area contributed by atoms with Crippen LogP contribution in [0.15, 0.2) is 72.8 Å². The zero-order valence-corrected chi connectivity index (χ0v) is 23.0. The molecule has 1 saturated carbocycles. The van der Waals surface area contributed by atoms with Crippen molar-refractivity contribution in [2.45, 2.75) is 32.4 Å². The number of carbonyl (C=O) groups is 1. The number of imidazole rings is 1. The van der Waals surface area contributed by atoms with Gasteiger partial charge in [-0.15, -0.1) is 0 Å². The molecule has 5 aromatic rings. The fraction of sp³-hybridized carbons (Fsp3) is 0.219. The van der Waals surface area contributed by atoms with E-state index >= 15 is 4.39 Å². The fourth-order valence-electron chi connectivity index (χ4n) is 4.96. The molecular weight excluding hydrogens is 567 g/mol.